The van der Waals surface area contributed by atoms with E-state index in [1.165, 1.54) is 0 Å². The second-order valence-corrected chi connectivity index (χ2v) is 7.22. The molecule has 0 heterocycles. The highest BCUT2D eigenvalue weighted by Crippen LogP contribution is 2.48. The van der Waals surface area contributed by atoms with Crippen molar-refractivity contribution in [2.75, 3.05) is 14.1 Å². The molecule has 1 fully saturated rings. The highest BCUT2D eigenvalue weighted by atomic mass is 79.9. The number of hydrogen-bond acceptors (Lipinski definition) is 3. The molecule has 3 nitrogen and oxygen atoms in total. The Kier molecular flexibility index (Phi) is 3.52. The number of benzene rings is 1. The summed E-state index contributed by atoms with van der Waals surface area (Å²) in [5.74, 6) is 0.384. The van der Waals surface area contributed by atoms with Gasteiger partial charge in [-0.15, -0.1) is 0 Å². The molecular formula is C17H18BrNO2. The molecule has 21 heavy (non-hydrogen) atoms. The van der Waals surface area contributed by atoms with E-state index in [-0.39, 0.29) is 11.6 Å². The summed E-state index contributed by atoms with van der Waals surface area (Å²) in [5, 5.41) is 0. The van der Waals surface area contributed by atoms with Crippen LogP contribution in [0.2, 0.25) is 0 Å². The fourth-order valence-electron chi connectivity index (χ4n) is 3.48. The summed E-state index contributed by atoms with van der Waals surface area (Å²) in [7, 11) is 3.81. The van der Waals surface area contributed by atoms with Gasteiger partial charge in [-0.1, -0.05) is 22.0 Å². The largest absolute Gasteiger partial charge is 0.383 e. The lowest BCUT2D eigenvalue weighted by atomic mass is 9.69. The van der Waals surface area contributed by atoms with Crippen molar-refractivity contribution in [3.8, 4) is 0 Å². The second kappa shape index (κ2) is 5.09. The number of Topliss-reactive ketones (excluding diaryl/α,β-unsaturated/α-hetero) is 2. The summed E-state index contributed by atoms with van der Waals surface area (Å²) in [4.78, 5) is 26.9. The molecule has 1 aromatic rings. The van der Waals surface area contributed by atoms with Crippen molar-refractivity contribution in [1.82, 2.24) is 4.90 Å². The van der Waals surface area contributed by atoms with Crippen LogP contribution in [0.25, 0.3) is 0 Å². The SMILES string of the molecule is CN(C)C=C1CC2(CCC1=O)Cc1ccc(Br)cc1C2=O. The molecule has 3 rings (SSSR count). The maximum absolute atomic E-state index is 12.9. The Bertz CT molecular complexity index is 663. The van der Waals surface area contributed by atoms with E-state index in [9.17, 15) is 9.59 Å². The smallest absolute Gasteiger partial charge is 0.170 e. The number of allylic oxidation sites excluding steroid dienone is 1. The van der Waals surface area contributed by atoms with Crippen molar-refractivity contribution in [3.05, 3.63) is 45.6 Å². The third kappa shape index (κ3) is 2.46. The lowest BCUT2D eigenvalue weighted by Crippen LogP contribution is -2.35. The first kappa shape index (κ1) is 14.5. The Balaban J connectivity index is 1.97. The van der Waals surface area contributed by atoms with Gasteiger partial charge in [0, 0.05) is 47.7 Å². The molecule has 4 heteroatoms. The monoisotopic (exact) mass is 347 g/mol. The van der Waals surface area contributed by atoms with E-state index in [0.717, 1.165) is 27.6 Å². The molecule has 1 spiro atoms. The number of nitrogens with zero attached hydrogens (tertiary/aromatic N) is 1. The number of ketones is 2. The average Bonchev–Trinajstić information content (AvgIpc) is 2.67. The summed E-state index contributed by atoms with van der Waals surface area (Å²) >= 11 is 3.43. The lowest BCUT2D eigenvalue weighted by Gasteiger charge is -2.32. The van der Waals surface area contributed by atoms with Crippen molar-refractivity contribution in [2.24, 2.45) is 5.41 Å². The lowest BCUT2D eigenvalue weighted by molar-refractivity contribution is -0.117. The molecule has 2 aliphatic carbocycles. The molecule has 0 aromatic heterocycles. The van der Waals surface area contributed by atoms with Crippen LogP contribution in [0.15, 0.2) is 34.4 Å². The van der Waals surface area contributed by atoms with Crippen molar-refractivity contribution >= 4 is 27.5 Å². The van der Waals surface area contributed by atoms with Crippen LogP contribution in [0, 0.1) is 5.41 Å². The molecule has 0 radical (unpaired) electrons. The van der Waals surface area contributed by atoms with Gasteiger partial charge in [0.25, 0.3) is 0 Å². The number of carbonyl (C=O) groups excluding carboxylic acids is 2. The average molecular weight is 348 g/mol. The molecule has 1 saturated carbocycles. The Morgan fingerprint density at radius 2 is 2.00 bits per heavy atom. The van der Waals surface area contributed by atoms with Gasteiger partial charge < -0.3 is 4.90 Å². The van der Waals surface area contributed by atoms with Gasteiger partial charge in [-0.3, -0.25) is 9.59 Å². The molecular weight excluding hydrogens is 330 g/mol. The molecule has 0 bridgehead atoms. The minimum absolute atomic E-state index is 0.180. The summed E-state index contributed by atoms with van der Waals surface area (Å²) in [6.07, 6.45) is 4.33. The molecule has 0 saturated heterocycles. The first-order chi connectivity index (χ1) is 9.91. The van der Waals surface area contributed by atoms with Gasteiger partial charge in [-0.25, -0.2) is 0 Å². The Hall–Kier alpha value is -1.42. The van der Waals surface area contributed by atoms with E-state index >= 15 is 0 Å². The number of rotatable bonds is 1. The van der Waals surface area contributed by atoms with E-state index in [4.69, 9.17) is 0 Å². The number of hydrogen-bond donors (Lipinski definition) is 0. The van der Waals surface area contributed by atoms with Gasteiger partial charge in [0.2, 0.25) is 0 Å². The first-order valence-corrected chi connectivity index (χ1v) is 7.94. The predicted octanol–water partition coefficient (Wildman–Crippen LogP) is 3.37. The minimum atomic E-state index is -0.404. The molecule has 2 aliphatic rings. The third-order valence-corrected chi connectivity index (χ3v) is 4.95. The van der Waals surface area contributed by atoms with Crippen molar-refractivity contribution in [1.29, 1.82) is 0 Å². The van der Waals surface area contributed by atoms with Crippen molar-refractivity contribution in [3.63, 3.8) is 0 Å². The van der Waals surface area contributed by atoms with E-state index < -0.39 is 5.41 Å². The van der Waals surface area contributed by atoms with Crippen molar-refractivity contribution in [2.45, 2.75) is 25.7 Å². The molecule has 1 aromatic carbocycles. The maximum atomic E-state index is 12.9. The van der Waals surface area contributed by atoms with Crippen molar-refractivity contribution < 1.29 is 9.59 Å². The Morgan fingerprint density at radius 3 is 2.71 bits per heavy atom. The van der Waals surface area contributed by atoms with Crippen LogP contribution in [0.1, 0.15) is 35.2 Å². The van der Waals surface area contributed by atoms with Gasteiger partial charge >= 0.3 is 0 Å². The molecule has 110 valence electrons. The minimum Gasteiger partial charge on any atom is -0.383 e. The van der Waals surface area contributed by atoms with Gasteiger partial charge in [0.15, 0.2) is 11.6 Å². The van der Waals surface area contributed by atoms with E-state index in [1.54, 1.807) is 0 Å². The third-order valence-electron chi connectivity index (χ3n) is 4.46. The van der Waals surface area contributed by atoms with Crippen LogP contribution in [-0.4, -0.2) is 30.6 Å². The molecule has 0 aliphatic heterocycles. The molecule has 1 atom stereocenters. The topological polar surface area (TPSA) is 37.4 Å². The van der Waals surface area contributed by atoms with Crippen LogP contribution in [0.5, 0.6) is 0 Å². The molecule has 1 unspecified atom stereocenters. The van der Waals surface area contributed by atoms with Gasteiger partial charge in [0.1, 0.15) is 0 Å². The molecule has 0 N–H and O–H groups in total. The van der Waals surface area contributed by atoms with Crippen LogP contribution in [0.4, 0.5) is 0 Å². The van der Waals surface area contributed by atoms with E-state index in [0.29, 0.717) is 19.3 Å². The van der Waals surface area contributed by atoms with Crippen LogP contribution in [-0.2, 0) is 11.2 Å². The predicted molar refractivity (Wildman–Crippen MR) is 85.2 cm³/mol. The highest BCUT2D eigenvalue weighted by molar-refractivity contribution is 9.10. The standard InChI is InChI=1S/C17H18BrNO2/c1-19(2)10-12-9-17(6-5-15(12)20)8-11-3-4-13(18)7-14(11)16(17)21/h3-4,7,10H,5-6,8-9H2,1-2H3. The first-order valence-electron chi connectivity index (χ1n) is 7.15. The zero-order chi connectivity index (χ0) is 15.2. The van der Waals surface area contributed by atoms with E-state index in [1.807, 2.05) is 43.4 Å². The molecule has 0 amide bonds. The second-order valence-electron chi connectivity index (χ2n) is 6.31. The quantitative estimate of drug-likeness (QED) is 0.731. The van der Waals surface area contributed by atoms with Crippen LogP contribution < -0.4 is 0 Å². The Labute approximate surface area is 133 Å². The van der Waals surface area contributed by atoms with E-state index in [2.05, 4.69) is 15.9 Å². The zero-order valence-corrected chi connectivity index (χ0v) is 13.9. The van der Waals surface area contributed by atoms with Gasteiger partial charge in [-0.05, 0) is 37.0 Å². The normalized spacial score (nSPS) is 26.5. The van der Waals surface area contributed by atoms with Crippen LogP contribution in [0.3, 0.4) is 0 Å². The number of carbonyl (C=O) groups is 2. The summed E-state index contributed by atoms with van der Waals surface area (Å²) in [5.41, 5.74) is 2.31. The fraction of sp³-hybridized carbons (Fsp3) is 0.412. The van der Waals surface area contributed by atoms with Gasteiger partial charge in [0.05, 0.1) is 0 Å². The Morgan fingerprint density at radius 1 is 1.24 bits per heavy atom. The summed E-state index contributed by atoms with van der Waals surface area (Å²) < 4.78 is 0.933. The zero-order valence-electron chi connectivity index (χ0n) is 12.3. The number of halogens is 1. The maximum Gasteiger partial charge on any atom is 0.170 e. The number of fused-ring (bicyclic) bond motifs is 1. The highest BCUT2D eigenvalue weighted by Gasteiger charge is 2.48. The summed E-state index contributed by atoms with van der Waals surface area (Å²) in [6, 6.07) is 5.92. The van der Waals surface area contributed by atoms with Crippen LogP contribution >= 0.6 is 15.9 Å². The van der Waals surface area contributed by atoms with Gasteiger partial charge in [-0.2, -0.15) is 0 Å². The fourth-order valence-corrected chi connectivity index (χ4v) is 3.84. The summed E-state index contributed by atoms with van der Waals surface area (Å²) in [6.45, 7) is 0.